The van der Waals surface area contributed by atoms with Crippen LogP contribution in [0.2, 0.25) is 0 Å². The number of nitrogens with one attached hydrogen (secondary N) is 2. The Bertz CT molecular complexity index is 950. The molecule has 0 saturated heterocycles. The Labute approximate surface area is 146 Å². The van der Waals surface area contributed by atoms with Crippen LogP contribution in [0, 0.1) is 0 Å². The van der Waals surface area contributed by atoms with Crippen LogP contribution in [0.15, 0.2) is 55.4 Å². The number of imidazole rings is 1. The van der Waals surface area contributed by atoms with Crippen LogP contribution < -0.4 is 10.9 Å². The Morgan fingerprint density at radius 1 is 1.12 bits per heavy atom. The summed E-state index contributed by atoms with van der Waals surface area (Å²) in [5, 5.41) is 0. The molecule has 0 aliphatic rings. The van der Waals surface area contributed by atoms with Gasteiger partial charge in [0.25, 0.3) is 5.91 Å². The van der Waals surface area contributed by atoms with Crippen molar-refractivity contribution in [1.82, 2.24) is 25.4 Å². The largest absolute Gasteiger partial charge is 0.449 e. The van der Waals surface area contributed by atoms with Gasteiger partial charge in [-0.05, 0) is 24.3 Å². The summed E-state index contributed by atoms with van der Waals surface area (Å²) in [4.78, 5) is 19.6. The Balaban J connectivity index is 1.76. The Hall–Kier alpha value is -3.36. The number of hydrazine groups is 1. The van der Waals surface area contributed by atoms with Gasteiger partial charge in [-0.25, -0.2) is 4.98 Å². The summed E-state index contributed by atoms with van der Waals surface area (Å²) in [5.74, 6) is -1.80. The van der Waals surface area contributed by atoms with Crippen molar-refractivity contribution in [2.45, 2.75) is 12.7 Å². The third kappa shape index (κ3) is 3.66. The van der Waals surface area contributed by atoms with Crippen LogP contribution in [0.4, 0.5) is 13.2 Å². The second kappa shape index (κ2) is 6.87. The average molecular weight is 361 g/mol. The van der Waals surface area contributed by atoms with Gasteiger partial charge in [-0.15, -0.1) is 0 Å². The maximum Gasteiger partial charge on any atom is 0.449 e. The highest BCUT2D eigenvalue weighted by Crippen LogP contribution is 2.31. The van der Waals surface area contributed by atoms with E-state index < -0.39 is 24.5 Å². The van der Waals surface area contributed by atoms with Crippen LogP contribution in [0.3, 0.4) is 0 Å². The van der Waals surface area contributed by atoms with Crippen LogP contribution in [0.25, 0.3) is 16.7 Å². The molecule has 1 aromatic carbocycles. The lowest BCUT2D eigenvalue weighted by atomic mass is 10.2. The van der Waals surface area contributed by atoms with Crippen molar-refractivity contribution >= 4 is 22.6 Å². The highest BCUT2D eigenvalue weighted by Gasteiger charge is 2.37. The van der Waals surface area contributed by atoms with Gasteiger partial charge >= 0.3 is 6.18 Å². The van der Waals surface area contributed by atoms with E-state index in [1.807, 2.05) is 0 Å². The first kappa shape index (κ1) is 17.5. The molecule has 6 nitrogen and oxygen atoms in total. The minimum atomic E-state index is -4.67. The number of rotatable bonds is 5. The van der Waals surface area contributed by atoms with Gasteiger partial charge in [0.1, 0.15) is 6.54 Å². The van der Waals surface area contributed by atoms with Gasteiger partial charge in [0.15, 0.2) is 0 Å². The van der Waals surface area contributed by atoms with Crippen molar-refractivity contribution in [3.8, 4) is 0 Å². The van der Waals surface area contributed by atoms with Gasteiger partial charge in [-0.1, -0.05) is 18.7 Å². The van der Waals surface area contributed by atoms with Crippen molar-refractivity contribution in [3.63, 3.8) is 0 Å². The summed E-state index contributed by atoms with van der Waals surface area (Å²) >= 11 is 0. The minimum Gasteiger partial charge on any atom is -0.311 e. The molecule has 9 heteroatoms. The van der Waals surface area contributed by atoms with E-state index in [0.29, 0.717) is 11.3 Å². The molecule has 26 heavy (non-hydrogen) atoms. The number of amides is 1. The number of aromatic nitrogens is 3. The number of nitrogens with zero attached hydrogens (tertiary/aromatic N) is 3. The molecule has 0 atom stereocenters. The zero-order valence-electron chi connectivity index (χ0n) is 13.4. The second-order valence-electron chi connectivity index (χ2n) is 5.40. The van der Waals surface area contributed by atoms with Crippen LogP contribution >= 0.6 is 0 Å². The quantitative estimate of drug-likeness (QED) is 0.686. The first-order valence-electron chi connectivity index (χ1n) is 7.53. The highest BCUT2D eigenvalue weighted by molar-refractivity contribution is 5.81. The fourth-order valence-electron chi connectivity index (χ4n) is 2.41. The van der Waals surface area contributed by atoms with E-state index in [1.54, 1.807) is 36.7 Å². The number of alkyl halides is 3. The number of benzene rings is 1. The van der Waals surface area contributed by atoms with Crippen molar-refractivity contribution in [3.05, 3.63) is 66.8 Å². The molecule has 2 heterocycles. The molecule has 0 aliphatic carbocycles. The molecule has 1 amide bonds. The van der Waals surface area contributed by atoms with Gasteiger partial charge in [-0.2, -0.15) is 13.2 Å². The van der Waals surface area contributed by atoms with E-state index in [-0.39, 0.29) is 11.0 Å². The number of halogens is 3. The maximum atomic E-state index is 13.2. The smallest absolute Gasteiger partial charge is 0.311 e. The number of carbonyl (C=O) groups is 1. The molecule has 0 saturated carbocycles. The molecule has 0 fully saturated rings. The molecule has 134 valence electrons. The summed E-state index contributed by atoms with van der Waals surface area (Å²) in [6.07, 6.45) is -1.57. The minimum absolute atomic E-state index is 0.168. The second-order valence-corrected chi connectivity index (χ2v) is 5.40. The average Bonchev–Trinajstić information content (AvgIpc) is 2.99. The summed E-state index contributed by atoms with van der Waals surface area (Å²) in [7, 11) is 0. The molecule has 0 unspecified atom stereocenters. The van der Waals surface area contributed by atoms with Gasteiger partial charge in [0.05, 0.1) is 16.7 Å². The van der Waals surface area contributed by atoms with Crippen LogP contribution in [0.1, 0.15) is 11.4 Å². The van der Waals surface area contributed by atoms with Crippen molar-refractivity contribution in [2.24, 2.45) is 0 Å². The van der Waals surface area contributed by atoms with Crippen molar-refractivity contribution in [2.75, 3.05) is 0 Å². The molecule has 2 N–H and O–H groups in total. The normalized spacial score (nSPS) is 11.3. The molecule has 3 rings (SSSR count). The fraction of sp³-hybridized carbons (Fsp3) is 0.118. The predicted octanol–water partition coefficient (Wildman–Crippen LogP) is 2.74. The molecular weight excluding hydrogens is 347 g/mol. The third-order valence-corrected chi connectivity index (χ3v) is 3.59. The standard InChI is InChI=1S/C17H14F3N5O/c1-11(12-6-8-21-9-7-12)23-24-15(26)10-25-14-5-3-2-4-13(14)22-16(25)17(18,19)20/h2-9,23H,1,10H2,(H,24,26). The number of para-hydroxylation sites is 2. The molecule has 0 aliphatic heterocycles. The van der Waals surface area contributed by atoms with Gasteiger partial charge < -0.3 is 4.57 Å². The molecule has 0 spiro atoms. The van der Waals surface area contributed by atoms with Gasteiger partial charge in [0.2, 0.25) is 5.82 Å². The molecule has 2 aromatic heterocycles. The first-order valence-corrected chi connectivity index (χ1v) is 7.53. The molecule has 0 radical (unpaired) electrons. The highest BCUT2D eigenvalue weighted by atomic mass is 19.4. The lowest BCUT2D eigenvalue weighted by Crippen LogP contribution is -2.38. The fourth-order valence-corrected chi connectivity index (χ4v) is 2.41. The van der Waals surface area contributed by atoms with Crippen LogP contribution in [-0.4, -0.2) is 20.4 Å². The van der Waals surface area contributed by atoms with E-state index in [4.69, 9.17) is 0 Å². The van der Waals surface area contributed by atoms with E-state index in [9.17, 15) is 18.0 Å². The topological polar surface area (TPSA) is 71.8 Å². The van der Waals surface area contributed by atoms with Gasteiger partial charge in [0, 0.05) is 18.0 Å². The molecular formula is C17H14F3N5O. The molecule has 0 bridgehead atoms. The number of carbonyl (C=O) groups excluding carboxylic acids is 1. The monoisotopic (exact) mass is 361 g/mol. The zero-order chi connectivity index (χ0) is 18.7. The van der Waals surface area contributed by atoms with E-state index >= 15 is 0 Å². The van der Waals surface area contributed by atoms with Crippen LogP contribution in [-0.2, 0) is 17.5 Å². The number of hydrogen-bond acceptors (Lipinski definition) is 4. The number of hydrogen-bond donors (Lipinski definition) is 2. The lowest BCUT2D eigenvalue weighted by molar-refractivity contribution is -0.147. The third-order valence-electron chi connectivity index (χ3n) is 3.59. The number of fused-ring (bicyclic) bond motifs is 1. The van der Waals surface area contributed by atoms with Gasteiger partial charge in [-0.3, -0.25) is 20.6 Å². The van der Waals surface area contributed by atoms with E-state index in [0.717, 1.165) is 4.57 Å². The zero-order valence-corrected chi connectivity index (χ0v) is 13.4. The Morgan fingerprint density at radius 3 is 2.50 bits per heavy atom. The summed E-state index contributed by atoms with van der Waals surface area (Å²) in [6.45, 7) is 3.20. The van der Waals surface area contributed by atoms with Crippen molar-refractivity contribution in [1.29, 1.82) is 0 Å². The SMILES string of the molecule is C=C(NNC(=O)Cn1c(C(F)(F)F)nc2ccccc21)c1ccncc1. The summed E-state index contributed by atoms with van der Waals surface area (Å²) in [6, 6.07) is 9.46. The van der Waals surface area contributed by atoms with Crippen molar-refractivity contribution < 1.29 is 18.0 Å². The van der Waals surface area contributed by atoms with Crippen LogP contribution in [0.5, 0.6) is 0 Å². The van der Waals surface area contributed by atoms with E-state index in [1.165, 1.54) is 12.1 Å². The first-order chi connectivity index (χ1) is 12.4. The lowest BCUT2D eigenvalue weighted by Gasteiger charge is -2.14. The Kier molecular flexibility index (Phi) is 4.61. The Morgan fingerprint density at radius 2 is 1.81 bits per heavy atom. The number of pyridine rings is 1. The predicted molar refractivity (Wildman–Crippen MR) is 89.3 cm³/mol. The maximum absolute atomic E-state index is 13.2. The summed E-state index contributed by atoms with van der Waals surface area (Å²) < 4.78 is 40.5. The molecule has 3 aromatic rings. The van der Waals surface area contributed by atoms with E-state index in [2.05, 4.69) is 27.4 Å². The summed E-state index contributed by atoms with van der Waals surface area (Å²) in [5.41, 5.74) is 6.38.